The summed E-state index contributed by atoms with van der Waals surface area (Å²) in [5.41, 5.74) is 0.944. The molecule has 1 unspecified atom stereocenters. The summed E-state index contributed by atoms with van der Waals surface area (Å²) in [5, 5.41) is 14.5. The third kappa shape index (κ3) is 2.34. The van der Waals surface area contributed by atoms with Crippen molar-refractivity contribution in [1.82, 2.24) is 19.7 Å². The second-order valence-electron chi connectivity index (χ2n) is 3.34. The van der Waals surface area contributed by atoms with Crippen molar-refractivity contribution in [3.05, 3.63) is 39.6 Å². The van der Waals surface area contributed by atoms with Crippen LogP contribution in [0.5, 0.6) is 0 Å². The van der Waals surface area contributed by atoms with Gasteiger partial charge in [-0.2, -0.15) is 5.10 Å². The monoisotopic (exact) mass is 316 g/mol. The fraction of sp³-hybridized carbons (Fsp3) is 0.300. The number of aliphatic hydroxyl groups excluding tert-OH is 1. The highest BCUT2D eigenvalue weighted by Gasteiger charge is 2.21. The lowest BCUT2D eigenvalue weighted by Crippen LogP contribution is -2.05. The van der Waals surface area contributed by atoms with E-state index in [4.69, 9.17) is 11.6 Å². The lowest BCUT2D eigenvalue weighted by molar-refractivity contribution is 0.214. The molecule has 0 aliphatic heterocycles. The van der Waals surface area contributed by atoms with Gasteiger partial charge >= 0.3 is 0 Å². The third-order valence-electron chi connectivity index (χ3n) is 2.33. The van der Waals surface area contributed by atoms with E-state index in [1.54, 1.807) is 10.9 Å². The lowest BCUT2D eigenvalue weighted by atomic mass is 10.1. The Morgan fingerprint density at radius 3 is 2.76 bits per heavy atom. The molecule has 2 aromatic rings. The minimum atomic E-state index is -0.939. The van der Waals surface area contributed by atoms with E-state index in [1.165, 1.54) is 12.4 Å². The first-order chi connectivity index (χ1) is 8.15. The molecule has 1 atom stereocenters. The summed E-state index contributed by atoms with van der Waals surface area (Å²) < 4.78 is 2.44. The van der Waals surface area contributed by atoms with Crippen molar-refractivity contribution in [2.45, 2.75) is 19.6 Å². The number of halogens is 2. The minimum absolute atomic E-state index is 0.191. The molecule has 1 N–H and O–H groups in total. The van der Waals surface area contributed by atoms with Gasteiger partial charge in [0.15, 0.2) is 5.15 Å². The number of aryl methyl sites for hydroxylation is 1. The molecule has 0 aliphatic rings. The van der Waals surface area contributed by atoms with E-state index in [2.05, 4.69) is 31.0 Å². The van der Waals surface area contributed by atoms with E-state index in [0.717, 1.165) is 0 Å². The maximum Gasteiger partial charge on any atom is 0.153 e. The summed E-state index contributed by atoms with van der Waals surface area (Å²) in [4.78, 5) is 7.91. The molecule has 2 aromatic heterocycles. The first-order valence-corrected chi connectivity index (χ1v) is 6.18. The molecule has 0 radical (unpaired) electrons. The Bertz CT molecular complexity index is 531. The van der Waals surface area contributed by atoms with Crippen molar-refractivity contribution in [1.29, 1.82) is 0 Å². The van der Waals surface area contributed by atoms with Gasteiger partial charge in [0.25, 0.3) is 0 Å². The highest BCUT2D eigenvalue weighted by molar-refractivity contribution is 9.10. The molecular formula is C10H10BrClN4O. The van der Waals surface area contributed by atoms with Gasteiger partial charge in [-0.15, -0.1) is 0 Å². The Balaban J connectivity index is 2.40. The highest BCUT2D eigenvalue weighted by atomic mass is 79.9. The summed E-state index contributed by atoms with van der Waals surface area (Å²) >= 11 is 9.27. The second-order valence-corrected chi connectivity index (χ2v) is 4.45. The Morgan fingerprint density at radius 1 is 1.47 bits per heavy atom. The van der Waals surface area contributed by atoms with Crippen molar-refractivity contribution >= 4 is 27.5 Å². The molecule has 0 saturated carbocycles. The zero-order chi connectivity index (χ0) is 12.4. The second kappa shape index (κ2) is 5.12. The average Bonchev–Trinajstić information content (AvgIpc) is 2.70. The Kier molecular flexibility index (Phi) is 3.76. The Labute approximate surface area is 112 Å². The van der Waals surface area contributed by atoms with Crippen molar-refractivity contribution in [2.75, 3.05) is 0 Å². The van der Waals surface area contributed by atoms with Crippen molar-refractivity contribution in [3.63, 3.8) is 0 Å². The maximum absolute atomic E-state index is 10.2. The molecule has 0 bridgehead atoms. The van der Waals surface area contributed by atoms with Crippen molar-refractivity contribution in [2.24, 2.45) is 0 Å². The lowest BCUT2D eigenvalue weighted by Gasteiger charge is -2.09. The predicted molar refractivity (Wildman–Crippen MR) is 66.7 cm³/mol. The van der Waals surface area contributed by atoms with Crippen LogP contribution in [0.25, 0.3) is 0 Å². The highest BCUT2D eigenvalue weighted by Crippen LogP contribution is 2.29. The van der Waals surface area contributed by atoms with E-state index in [1.807, 2.05) is 6.92 Å². The molecule has 90 valence electrons. The summed E-state index contributed by atoms with van der Waals surface area (Å²) in [6, 6.07) is 0. The van der Waals surface area contributed by atoms with E-state index >= 15 is 0 Å². The fourth-order valence-corrected chi connectivity index (χ4v) is 2.32. The van der Waals surface area contributed by atoms with Crippen molar-refractivity contribution < 1.29 is 5.11 Å². The zero-order valence-corrected chi connectivity index (χ0v) is 11.4. The SMILES string of the molecule is CCn1ncc(C(O)c2nccnc2Cl)c1Br. The van der Waals surface area contributed by atoms with Gasteiger partial charge in [0.05, 0.1) is 6.20 Å². The van der Waals surface area contributed by atoms with Crippen LogP contribution in [0.3, 0.4) is 0 Å². The van der Waals surface area contributed by atoms with Crippen LogP contribution in [-0.2, 0) is 6.54 Å². The molecule has 5 nitrogen and oxygen atoms in total. The summed E-state index contributed by atoms with van der Waals surface area (Å²) in [6.07, 6.45) is 3.61. The van der Waals surface area contributed by atoms with Crippen LogP contribution in [-0.4, -0.2) is 24.9 Å². The van der Waals surface area contributed by atoms with Gasteiger partial charge in [0, 0.05) is 24.5 Å². The number of aromatic nitrogens is 4. The molecule has 2 heterocycles. The predicted octanol–water partition coefficient (Wildman–Crippen LogP) is 2.19. The van der Waals surface area contributed by atoms with E-state index in [9.17, 15) is 5.11 Å². The molecule has 0 fully saturated rings. The van der Waals surface area contributed by atoms with Crippen LogP contribution in [0.4, 0.5) is 0 Å². The van der Waals surface area contributed by atoms with Crippen LogP contribution < -0.4 is 0 Å². The van der Waals surface area contributed by atoms with Crippen LogP contribution in [0.1, 0.15) is 24.3 Å². The third-order valence-corrected chi connectivity index (χ3v) is 3.49. The van der Waals surface area contributed by atoms with Gasteiger partial charge in [0.1, 0.15) is 16.4 Å². The molecule has 17 heavy (non-hydrogen) atoms. The Hall–Kier alpha value is -0.980. The molecule has 0 aromatic carbocycles. The first-order valence-electron chi connectivity index (χ1n) is 5.00. The molecule has 0 aliphatic carbocycles. The average molecular weight is 318 g/mol. The van der Waals surface area contributed by atoms with Gasteiger partial charge in [0.2, 0.25) is 0 Å². The van der Waals surface area contributed by atoms with Gasteiger partial charge < -0.3 is 5.11 Å². The van der Waals surface area contributed by atoms with Crippen LogP contribution in [0.15, 0.2) is 23.2 Å². The fourth-order valence-electron chi connectivity index (χ4n) is 1.45. The largest absolute Gasteiger partial charge is 0.382 e. The normalized spacial score (nSPS) is 12.7. The standard InChI is InChI=1S/C10H10BrClN4O/c1-2-16-9(11)6(5-15-16)8(17)7-10(12)14-4-3-13-7/h3-5,8,17H,2H2,1H3. The molecule has 0 spiro atoms. The molecule has 0 saturated heterocycles. The van der Waals surface area contributed by atoms with Crippen molar-refractivity contribution in [3.8, 4) is 0 Å². The van der Waals surface area contributed by atoms with Crippen LogP contribution in [0, 0.1) is 0 Å². The first kappa shape index (κ1) is 12.5. The molecular weight excluding hydrogens is 307 g/mol. The minimum Gasteiger partial charge on any atom is -0.382 e. The van der Waals surface area contributed by atoms with E-state index in [0.29, 0.717) is 22.4 Å². The zero-order valence-electron chi connectivity index (χ0n) is 9.01. The smallest absolute Gasteiger partial charge is 0.153 e. The quantitative estimate of drug-likeness (QED) is 0.942. The van der Waals surface area contributed by atoms with Gasteiger partial charge in [-0.1, -0.05) is 11.6 Å². The van der Waals surface area contributed by atoms with Gasteiger partial charge in [-0.25, -0.2) is 4.98 Å². The molecule has 7 heteroatoms. The number of hydrogen-bond donors (Lipinski definition) is 1. The Morgan fingerprint density at radius 2 is 2.18 bits per heavy atom. The summed E-state index contributed by atoms with van der Waals surface area (Å²) in [6.45, 7) is 2.67. The van der Waals surface area contributed by atoms with Gasteiger partial charge in [-0.3, -0.25) is 9.67 Å². The summed E-state index contributed by atoms with van der Waals surface area (Å²) in [5.74, 6) is 0. The number of hydrogen-bond acceptors (Lipinski definition) is 4. The number of nitrogens with zero attached hydrogens (tertiary/aromatic N) is 4. The van der Waals surface area contributed by atoms with Crippen LogP contribution in [0.2, 0.25) is 5.15 Å². The molecule has 0 amide bonds. The van der Waals surface area contributed by atoms with E-state index < -0.39 is 6.10 Å². The summed E-state index contributed by atoms with van der Waals surface area (Å²) in [7, 11) is 0. The maximum atomic E-state index is 10.2. The topological polar surface area (TPSA) is 63.8 Å². The van der Waals surface area contributed by atoms with E-state index in [-0.39, 0.29) is 5.15 Å². The van der Waals surface area contributed by atoms with Gasteiger partial charge in [-0.05, 0) is 22.9 Å². The van der Waals surface area contributed by atoms with Crippen LogP contribution >= 0.6 is 27.5 Å². The number of rotatable bonds is 3. The number of aliphatic hydroxyl groups is 1. The molecule has 2 rings (SSSR count).